The molecule has 1 atom stereocenters. The molecule has 148 valence electrons. The van der Waals surface area contributed by atoms with Crippen molar-refractivity contribution in [3.63, 3.8) is 0 Å². The number of amides is 1. The third-order valence-corrected chi connectivity index (χ3v) is 5.25. The van der Waals surface area contributed by atoms with Gasteiger partial charge in [0, 0.05) is 12.2 Å². The fourth-order valence-electron chi connectivity index (χ4n) is 3.63. The van der Waals surface area contributed by atoms with Crippen LogP contribution in [0, 0.1) is 0 Å². The number of benzene rings is 2. The van der Waals surface area contributed by atoms with Crippen molar-refractivity contribution in [1.29, 1.82) is 0 Å². The molecule has 4 rings (SSSR count). The monoisotopic (exact) mass is 387 g/mol. The van der Waals surface area contributed by atoms with Crippen LogP contribution in [0.3, 0.4) is 0 Å². The molecule has 6 heteroatoms. The maximum absolute atomic E-state index is 13.2. The van der Waals surface area contributed by atoms with Crippen molar-refractivity contribution in [3.05, 3.63) is 88.9 Å². The fourth-order valence-corrected chi connectivity index (χ4v) is 3.63. The Hall–Kier alpha value is -3.41. The van der Waals surface area contributed by atoms with Gasteiger partial charge in [0.1, 0.15) is 12.4 Å². The average molecular weight is 387 g/mol. The molecule has 2 aromatic carbocycles. The molecule has 29 heavy (non-hydrogen) atoms. The first-order valence-corrected chi connectivity index (χ1v) is 9.84. The van der Waals surface area contributed by atoms with E-state index in [9.17, 15) is 4.79 Å². The number of hydrogen-bond donors (Lipinski definition) is 2. The van der Waals surface area contributed by atoms with E-state index in [0.29, 0.717) is 24.0 Å². The summed E-state index contributed by atoms with van der Waals surface area (Å²) in [4.78, 5) is 17.5. The van der Waals surface area contributed by atoms with Gasteiger partial charge in [0.05, 0.1) is 5.57 Å². The van der Waals surface area contributed by atoms with Gasteiger partial charge >= 0.3 is 0 Å². The lowest BCUT2D eigenvalue weighted by Crippen LogP contribution is -2.34. The molecule has 0 bridgehead atoms. The van der Waals surface area contributed by atoms with Crippen molar-refractivity contribution < 1.29 is 4.79 Å². The van der Waals surface area contributed by atoms with E-state index in [1.165, 1.54) is 11.9 Å². The van der Waals surface area contributed by atoms with Gasteiger partial charge in [0.15, 0.2) is 0 Å². The van der Waals surface area contributed by atoms with Crippen molar-refractivity contribution in [2.24, 2.45) is 0 Å². The largest absolute Gasteiger partial charge is 0.348 e. The number of anilines is 1. The molecule has 0 radical (unpaired) electrons. The number of hydrogen-bond acceptors (Lipinski definition) is 4. The zero-order valence-electron chi connectivity index (χ0n) is 16.9. The van der Waals surface area contributed by atoms with E-state index >= 15 is 0 Å². The van der Waals surface area contributed by atoms with Gasteiger partial charge in [-0.05, 0) is 29.5 Å². The molecule has 3 aromatic rings. The number of allylic oxidation sites excluding steroid dienone is 1. The molecule has 0 spiro atoms. The summed E-state index contributed by atoms with van der Waals surface area (Å²) < 4.78 is 1.77. The van der Waals surface area contributed by atoms with Gasteiger partial charge in [-0.15, -0.1) is 0 Å². The second-order valence-corrected chi connectivity index (χ2v) is 7.58. The lowest BCUT2D eigenvalue weighted by Gasteiger charge is -2.29. The Morgan fingerprint density at radius 3 is 2.55 bits per heavy atom. The van der Waals surface area contributed by atoms with Crippen molar-refractivity contribution in [2.75, 3.05) is 5.32 Å². The van der Waals surface area contributed by atoms with Crippen LogP contribution in [0.1, 0.15) is 49.4 Å². The van der Waals surface area contributed by atoms with Crippen molar-refractivity contribution >= 4 is 11.9 Å². The summed E-state index contributed by atoms with van der Waals surface area (Å²) in [5.74, 6) is 0.975. The number of fused-ring (bicyclic) bond motifs is 1. The first kappa shape index (κ1) is 18.9. The summed E-state index contributed by atoms with van der Waals surface area (Å²) in [5, 5.41) is 10.6. The topological polar surface area (TPSA) is 71.8 Å². The Morgan fingerprint density at radius 2 is 1.86 bits per heavy atom. The highest BCUT2D eigenvalue weighted by Crippen LogP contribution is 2.35. The van der Waals surface area contributed by atoms with E-state index in [-0.39, 0.29) is 11.9 Å². The number of carbonyl (C=O) groups excluding carboxylic acids is 1. The van der Waals surface area contributed by atoms with Gasteiger partial charge < -0.3 is 10.6 Å². The van der Waals surface area contributed by atoms with Gasteiger partial charge in [-0.2, -0.15) is 10.1 Å². The maximum Gasteiger partial charge on any atom is 0.251 e. The lowest BCUT2D eigenvalue weighted by molar-refractivity contribution is -0.118. The predicted molar refractivity (Wildman–Crippen MR) is 113 cm³/mol. The van der Waals surface area contributed by atoms with E-state index in [0.717, 1.165) is 16.8 Å². The Balaban J connectivity index is 1.67. The predicted octanol–water partition coefficient (Wildman–Crippen LogP) is 4.01. The van der Waals surface area contributed by atoms with Crippen molar-refractivity contribution in [1.82, 2.24) is 20.1 Å². The summed E-state index contributed by atoms with van der Waals surface area (Å²) in [5.41, 5.74) is 4.76. The zero-order valence-corrected chi connectivity index (χ0v) is 16.9. The molecule has 0 saturated carbocycles. The summed E-state index contributed by atoms with van der Waals surface area (Å²) in [7, 11) is 0. The van der Waals surface area contributed by atoms with Crippen LogP contribution in [0.5, 0.6) is 0 Å². The zero-order chi connectivity index (χ0) is 20.4. The fraction of sp³-hybridized carbons (Fsp3) is 0.261. The van der Waals surface area contributed by atoms with Gasteiger partial charge in [-0.25, -0.2) is 4.68 Å². The highest BCUT2D eigenvalue weighted by Gasteiger charge is 2.33. The molecular weight excluding hydrogens is 362 g/mol. The minimum absolute atomic E-state index is 0.113. The molecule has 0 aliphatic carbocycles. The molecule has 2 N–H and O–H groups in total. The number of rotatable bonds is 5. The highest BCUT2D eigenvalue weighted by molar-refractivity contribution is 5.96. The van der Waals surface area contributed by atoms with E-state index in [1.807, 2.05) is 37.3 Å². The minimum Gasteiger partial charge on any atom is -0.348 e. The normalized spacial score (nSPS) is 15.8. The Morgan fingerprint density at radius 1 is 1.14 bits per heavy atom. The molecular formula is C23H25N5O. The molecule has 2 heterocycles. The molecule has 1 aliphatic rings. The third kappa shape index (κ3) is 3.78. The number of aromatic nitrogens is 3. The molecule has 1 aliphatic heterocycles. The minimum atomic E-state index is -0.328. The Kier molecular flexibility index (Phi) is 5.16. The molecule has 1 amide bonds. The van der Waals surface area contributed by atoms with Crippen molar-refractivity contribution in [2.45, 2.75) is 39.3 Å². The standard InChI is InChI=1S/C23H25N5O/c1-15(2)18-9-11-19(12-10-18)21-20(16(3)27-23-25-14-26-28(21)23)22(29)24-13-17-7-5-4-6-8-17/h4-12,14-15,21H,13H2,1-3H3,(H,24,29)(H,25,26,27)/t21-/m1/s1. The Bertz CT molecular complexity index is 1030. The van der Waals surface area contributed by atoms with Gasteiger partial charge in [-0.1, -0.05) is 68.4 Å². The quantitative estimate of drug-likeness (QED) is 0.694. The maximum atomic E-state index is 13.2. The van der Waals surface area contributed by atoms with Crippen LogP contribution in [-0.4, -0.2) is 20.7 Å². The number of nitrogens with one attached hydrogen (secondary N) is 2. The number of carbonyl (C=O) groups is 1. The second kappa shape index (κ2) is 7.91. The van der Waals surface area contributed by atoms with E-state index in [1.54, 1.807) is 4.68 Å². The van der Waals surface area contributed by atoms with E-state index < -0.39 is 0 Å². The van der Waals surface area contributed by atoms with Crippen LogP contribution in [-0.2, 0) is 11.3 Å². The molecule has 0 saturated heterocycles. The Labute approximate surface area is 170 Å². The first-order valence-electron chi connectivity index (χ1n) is 9.84. The summed E-state index contributed by atoms with van der Waals surface area (Å²) in [6.45, 7) is 6.72. The first-order chi connectivity index (χ1) is 14.0. The molecule has 6 nitrogen and oxygen atoms in total. The third-order valence-electron chi connectivity index (χ3n) is 5.25. The molecule has 0 fully saturated rings. The van der Waals surface area contributed by atoms with Crippen molar-refractivity contribution in [3.8, 4) is 0 Å². The van der Waals surface area contributed by atoms with Gasteiger partial charge in [0.25, 0.3) is 5.91 Å². The smallest absolute Gasteiger partial charge is 0.251 e. The highest BCUT2D eigenvalue weighted by atomic mass is 16.1. The van der Waals surface area contributed by atoms with Crippen LogP contribution in [0.15, 0.2) is 72.2 Å². The summed E-state index contributed by atoms with van der Waals surface area (Å²) in [6.07, 6.45) is 1.51. The van der Waals surface area contributed by atoms with Gasteiger partial charge in [0.2, 0.25) is 5.95 Å². The van der Waals surface area contributed by atoms with Crippen LogP contribution in [0.2, 0.25) is 0 Å². The summed E-state index contributed by atoms with van der Waals surface area (Å²) in [6, 6.07) is 18.0. The molecule has 0 unspecified atom stereocenters. The SMILES string of the molecule is CC1=C(C(=O)NCc2ccccc2)[C@@H](c2ccc(C(C)C)cc2)n2ncnc2N1. The van der Waals surface area contributed by atoms with Crippen LogP contribution in [0.4, 0.5) is 5.95 Å². The van der Waals surface area contributed by atoms with Crippen LogP contribution >= 0.6 is 0 Å². The van der Waals surface area contributed by atoms with E-state index in [4.69, 9.17) is 0 Å². The second-order valence-electron chi connectivity index (χ2n) is 7.58. The average Bonchev–Trinajstić information content (AvgIpc) is 3.20. The number of nitrogens with zero attached hydrogens (tertiary/aromatic N) is 3. The van der Waals surface area contributed by atoms with E-state index in [2.05, 4.69) is 58.8 Å². The van der Waals surface area contributed by atoms with Crippen LogP contribution < -0.4 is 10.6 Å². The van der Waals surface area contributed by atoms with Crippen LogP contribution in [0.25, 0.3) is 0 Å². The lowest BCUT2D eigenvalue weighted by atomic mass is 9.93. The van der Waals surface area contributed by atoms with Gasteiger partial charge in [-0.3, -0.25) is 4.79 Å². The summed E-state index contributed by atoms with van der Waals surface area (Å²) >= 11 is 0. The molecule has 1 aromatic heterocycles.